The molecule has 1 aliphatic heterocycles. The number of piperidine rings is 1. The van der Waals surface area contributed by atoms with Gasteiger partial charge in [-0.1, -0.05) is 45.0 Å². The molecule has 2 aromatic rings. The molecule has 0 atom stereocenters. The van der Waals surface area contributed by atoms with Crippen LogP contribution in [-0.4, -0.2) is 35.5 Å². The van der Waals surface area contributed by atoms with E-state index < -0.39 is 11.3 Å². The quantitative estimate of drug-likeness (QED) is 0.531. The van der Waals surface area contributed by atoms with Crippen LogP contribution in [-0.2, 0) is 14.4 Å². The van der Waals surface area contributed by atoms with Gasteiger partial charge in [-0.2, -0.15) is 0 Å². The minimum Gasteiger partial charge on any atom is -0.342 e. The van der Waals surface area contributed by atoms with Gasteiger partial charge in [-0.05, 0) is 72.1 Å². The summed E-state index contributed by atoms with van der Waals surface area (Å²) in [5.74, 6) is -0.891. The first kappa shape index (κ1) is 24.3. The number of carbonyl (C=O) groups excluding carboxylic acids is 3. The lowest BCUT2D eigenvalue weighted by atomic mass is 9.62. The third kappa shape index (κ3) is 4.57. The number of benzene rings is 2. The number of Topliss-reactive ketones (excluding diaryl/α,β-unsaturated/α-hetero) is 2. The second kappa shape index (κ2) is 8.75. The second-order valence-corrected chi connectivity index (χ2v) is 11.3. The van der Waals surface area contributed by atoms with Crippen molar-refractivity contribution in [1.29, 1.82) is 0 Å². The van der Waals surface area contributed by atoms with Gasteiger partial charge in [0.15, 0.2) is 0 Å². The van der Waals surface area contributed by atoms with Crippen molar-refractivity contribution in [3.63, 3.8) is 0 Å². The predicted molar refractivity (Wildman–Crippen MR) is 131 cm³/mol. The van der Waals surface area contributed by atoms with Gasteiger partial charge in [-0.15, -0.1) is 0 Å². The van der Waals surface area contributed by atoms with E-state index in [0.29, 0.717) is 38.8 Å². The van der Waals surface area contributed by atoms with Crippen LogP contribution in [0, 0.1) is 30.5 Å². The number of hydrogen-bond acceptors (Lipinski definition) is 3. The molecule has 0 radical (unpaired) electrons. The van der Waals surface area contributed by atoms with Crippen LogP contribution in [0.3, 0.4) is 0 Å². The van der Waals surface area contributed by atoms with Crippen LogP contribution >= 0.6 is 0 Å². The molecule has 34 heavy (non-hydrogen) atoms. The van der Waals surface area contributed by atoms with E-state index in [4.69, 9.17) is 0 Å². The predicted octanol–water partition coefficient (Wildman–Crippen LogP) is 5.78. The fourth-order valence-electron chi connectivity index (χ4n) is 5.76. The van der Waals surface area contributed by atoms with Gasteiger partial charge in [-0.25, -0.2) is 4.39 Å². The summed E-state index contributed by atoms with van der Waals surface area (Å²) in [4.78, 5) is 41.3. The zero-order chi connectivity index (χ0) is 24.8. The maximum Gasteiger partial charge on any atom is 0.227 e. The SMILES string of the molecule is Cc1cc(-c2ccc(F)cc2)cc(C)c1C1C(=O)CC2(CCN(C(=O)C(C)(C)C)CC2)CC1=O. The number of hydrogen-bond donors (Lipinski definition) is 0. The molecule has 1 spiro atoms. The highest BCUT2D eigenvalue weighted by molar-refractivity contribution is 6.10. The Bertz CT molecular complexity index is 1090. The van der Waals surface area contributed by atoms with Crippen LogP contribution in [0.2, 0.25) is 0 Å². The molecule has 4 nitrogen and oxygen atoms in total. The van der Waals surface area contributed by atoms with E-state index in [0.717, 1.165) is 27.8 Å². The number of carbonyl (C=O) groups is 3. The molecule has 0 bridgehead atoms. The van der Waals surface area contributed by atoms with Gasteiger partial charge in [0.05, 0.1) is 0 Å². The lowest BCUT2D eigenvalue weighted by Crippen LogP contribution is -2.50. The van der Waals surface area contributed by atoms with Crippen LogP contribution in [0.1, 0.15) is 69.1 Å². The summed E-state index contributed by atoms with van der Waals surface area (Å²) >= 11 is 0. The van der Waals surface area contributed by atoms with Crippen LogP contribution in [0.15, 0.2) is 36.4 Å². The number of ketones is 2. The molecule has 4 rings (SSSR count). The molecule has 1 saturated carbocycles. The molecular weight excluding hydrogens is 429 g/mol. The highest BCUT2D eigenvalue weighted by atomic mass is 19.1. The topological polar surface area (TPSA) is 54.5 Å². The summed E-state index contributed by atoms with van der Waals surface area (Å²) < 4.78 is 13.3. The average molecular weight is 464 g/mol. The number of nitrogens with zero attached hydrogens (tertiary/aromatic N) is 1. The van der Waals surface area contributed by atoms with E-state index in [2.05, 4.69) is 0 Å². The Morgan fingerprint density at radius 1 is 0.912 bits per heavy atom. The standard InChI is InChI=1S/C29H34FNO3/c1-18-14-21(20-6-8-22(30)9-7-20)15-19(2)25(18)26-23(32)16-29(17-24(26)33)10-12-31(13-11-29)27(34)28(3,4)5/h6-9,14-15,26H,10-13,16-17H2,1-5H3. The Labute approximate surface area is 201 Å². The van der Waals surface area contributed by atoms with Gasteiger partial charge in [0.25, 0.3) is 0 Å². The molecule has 0 N–H and O–H groups in total. The molecule has 1 heterocycles. The lowest BCUT2D eigenvalue weighted by Gasteiger charge is -2.45. The minimum absolute atomic E-state index is 0.00687. The molecule has 180 valence electrons. The molecule has 2 aliphatic rings. The highest BCUT2D eigenvalue weighted by Crippen LogP contribution is 2.47. The van der Waals surface area contributed by atoms with E-state index in [9.17, 15) is 18.8 Å². The number of rotatable bonds is 2. The van der Waals surface area contributed by atoms with Gasteiger partial charge in [0.1, 0.15) is 23.3 Å². The molecule has 1 amide bonds. The molecular formula is C29H34FNO3. The van der Waals surface area contributed by atoms with Gasteiger partial charge in [-0.3, -0.25) is 14.4 Å². The van der Waals surface area contributed by atoms with Crippen molar-refractivity contribution in [3.05, 3.63) is 58.9 Å². The number of likely N-dealkylation sites (tertiary alicyclic amines) is 1. The fourth-order valence-corrected chi connectivity index (χ4v) is 5.76. The van der Waals surface area contributed by atoms with E-state index in [-0.39, 0.29) is 28.7 Å². The number of aryl methyl sites for hydroxylation is 2. The molecule has 0 unspecified atom stereocenters. The third-order valence-corrected chi connectivity index (χ3v) is 7.56. The first-order valence-electron chi connectivity index (χ1n) is 12.1. The molecule has 1 saturated heterocycles. The smallest absolute Gasteiger partial charge is 0.227 e. The molecule has 1 aliphatic carbocycles. The normalized spacial score (nSPS) is 19.1. The van der Waals surface area contributed by atoms with Crippen molar-refractivity contribution in [3.8, 4) is 11.1 Å². The summed E-state index contributed by atoms with van der Waals surface area (Å²) in [5.41, 5.74) is 3.73. The van der Waals surface area contributed by atoms with Crippen molar-refractivity contribution in [2.45, 2.75) is 66.2 Å². The molecule has 0 aromatic heterocycles. The van der Waals surface area contributed by atoms with E-state index in [1.807, 2.05) is 51.7 Å². The first-order valence-corrected chi connectivity index (χ1v) is 12.1. The maximum atomic E-state index is 13.4. The van der Waals surface area contributed by atoms with E-state index in [1.165, 1.54) is 12.1 Å². The van der Waals surface area contributed by atoms with Crippen molar-refractivity contribution >= 4 is 17.5 Å². The first-order chi connectivity index (χ1) is 15.9. The summed E-state index contributed by atoms with van der Waals surface area (Å²) in [6.45, 7) is 10.9. The Morgan fingerprint density at radius 2 is 1.41 bits per heavy atom. The highest BCUT2D eigenvalue weighted by Gasteiger charge is 2.48. The second-order valence-electron chi connectivity index (χ2n) is 11.3. The van der Waals surface area contributed by atoms with Gasteiger partial charge >= 0.3 is 0 Å². The van der Waals surface area contributed by atoms with Gasteiger partial charge in [0.2, 0.25) is 5.91 Å². The molecule has 2 fully saturated rings. The van der Waals surface area contributed by atoms with Crippen LogP contribution in [0.25, 0.3) is 11.1 Å². The van der Waals surface area contributed by atoms with E-state index in [1.54, 1.807) is 12.1 Å². The number of amides is 1. The Kier molecular flexibility index (Phi) is 6.26. The monoisotopic (exact) mass is 463 g/mol. The zero-order valence-corrected chi connectivity index (χ0v) is 20.8. The number of halogens is 1. The van der Waals surface area contributed by atoms with Crippen LogP contribution < -0.4 is 0 Å². The van der Waals surface area contributed by atoms with Crippen LogP contribution in [0.4, 0.5) is 4.39 Å². The largest absolute Gasteiger partial charge is 0.342 e. The minimum atomic E-state index is -0.720. The van der Waals surface area contributed by atoms with Crippen molar-refractivity contribution in [2.75, 3.05) is 13.1 Å². The van der Waals surface area contributed by atoms with Gasteiger partial charge < -0.3 is 4.90 Å². The Hall–Kier alpha value is -2.82. The van der Waals surface area contributed by atoms with Crippen molar-refractivity contribution in [2.24, 2.45) is 10.8 Å². The van der Waals surface area contributed by atoms with E-state index >= 15 is 0 Å². The Morgan fingerprint density at radius 3 is 1.88 bits per heavy atom. The van der Waals surface area contributed by atoms with Crippen molar-refractivity contribution < 1.29 is 18.8 Å². The fraction of sp³-hybridized carbons (Fsp3) is 0.483. The third-order valence-electron chi connectivity index (χ3n) is 7.56. The summed E-state index contributed by atoms with van der Waals surface area (Å²) in [6, 6.07) is 10.3. The molecule has 2 aromatic carbocycles. The van der Waals surface area contributed by atoms with Crippen molar-refractivity contribution in [1.82, 2.24) is 4.90 Å². The van der Waals surface area contributed by atoms with Crippen LogP contribution in [0.5, 0.6) is 0 Å². The Balaban J connectivity index is 1.54. The van der Waals surface area contributed by atoms with Gasteiger partial charge in [0, 0.05) is 31.3 Å². The maximum absolute atomic E-state index is 13.4. The molecule has 5 heteroatoms. The zero-order valence-electron chi connectivity index (χ0n) is 20.8. The summed E-state index contributed by atoms with van der Waals surface area (Å²) in [5, 5.41) is 0. The summed E-state index contributed by atoms with van der Waals surface area (Å²) in [7, 11) is 0. The lowest BCUT2D eigenvalue weighted by molar-refractivity contribution is -0.144. The summed E-state index contributed by atoms with van der Waals surface area (Å²) in [6.07, 6.45) is 2.17. The average Bonchev–Trinajstić information content (AvgIpc) is 2.75.